The molecule has 0 saturated carbocycles. The minimum Gasteiger partial charge on any atom is -0.492 e. The van der Waals surface area contributed by atoms with Crippen LogP contribution in [0.4, 0.5) is 10.1 Å². The zero-order valence-corrected chi connectivity index (χ0v) is 19.0. The van der Waals surface area contributed by atoms with Gasteiger partial charge in [0.25, 0.3) is 0 Å². The smallest absolute Gasteiger partial charge is 0.243 e. The van der Waals surface area contributed by atoms with Crippen LogP contribution in [-0.4, -0.2) is 47.0 Å². The van der Waals surface area contributed by atoms with Gasteiger partial charge in [-0.05, 0) is 30.9 Å². The Hall–Kier alpha value is -2.92. The van der Waals surface area contributed by atoms with Gasteiger partial charge in [-0.25, -0.2) is 4.39 Å². The first-order valence-electron chi connectivity index (χ1n) is 9.87. The summed E-state index contributed by atoms with van der Waals surface area (Å²) in [5, 5.41) is 14.1. The number of amides is 2. The summed E-state index contributed by atoms with van der Waals surface area (Å²) in [4.78, 5) is 28.4. The van der Waals surface area contributed by atoms with Crippen LogP contribution in [0, 0.1) is 11.2 Å². The number of nitrogens with one attached hydrogen (secondary N) is 2. The van der Waals surface area contributed by atoms with Crippen molar-refractivity contribution in [3.8, 4) is 10.6 Å². The second kappa shape index (κ2) is 7.31. The molecule has 2 atom stereocenters. The molecular weight excluding hydrogens is 453 g/mol. The molecule has 2 amide bonds. The zero-order chi connectivity index (χ0) is 22.8. The Morgan fingerprint density at radius 2 is 2.00 bits per heavy atom. The number of carbonyl (C=O) groups excluding carboxylic acids is 2. The molecule has 0 bridgehead atoms. The van der Waals surface area contributed by atoms with Gasteiger partial charge in [-0.1, -0.05) is 36.3 Å². The van der Waals surface area contributed by atoms with Crippen LogP contribution < -0.4 is 15.5 Å². The number of aromatic nitrogens is 2. The topological polar surface area (TPSA) is 96.5 Å². The summed E-state index contributed by atoms with van der Waals surface area (Å²) >= 11 is 2.81. The van der Waals surface area contributed by atoms with Crippen molar-refractivity contribution in [1.82, 2.24) is 20.8 Å². The highest BCUT2D eigenvalue weighted by molar-refractivity contribution is 8.00. The van der Waals surface area contributed by atoms with Crippen molar-refractivity contribution in [3.05, 3.63) is 48.3 Å². The molecule has 3 aliphatic heterocycles. The van der Waals surface area contributed by atoms with E-state index in [4.69, 9.17) is 4.74 Å². The predicted octanol–water partition coefficient (Wildman–Crippen LogP) is 2.43. The van der Waals surface area contributed by atoms with E-state index in [1.165, 1.54) is 29.2 Å². The number of hydrogen-bond donors (Lipinski definition) is 2. The lowest BCUT2D eigenvalue weighted by Crippen LogP contribution is -2.73. The van der Waals surface area contributed by atoms with Crippen molar-refractivity contribution < 1.29 is 18.7 Å². The Balaban J connectivity index is 1.71. The number of ether oxygens (including phenoxy) is 1. The number of benzene rings is 1. The number of fused-ring (bicyclic) bond motifs is 4. The number of rotatable bonds is 2. The fourth-order valence-electron chi connectivity index (χ4n) is 4.90. The third-order valence-corrected chi connectivity index (χ3v) is 8.00. The zero-order valence-electron chi connectivity index (χ0n) is 17.4. The lowest BCUT2D eigenvalue weighted by atomic mass is 9.66. The maximum atomic E-state index is 15.6. The second-order valence-corrected chi connectivity index (χ2v) is 10.0. The van der Waals surface area contributed by atoms with Crippen molar-refractivity contribution in [3.63, 3.8) is 0 Å². The number of hydrogen-bond acceptors (Lipinski definition) is 8. The van der Waals surface area contributed by atoms with E-state index in [1.807, 2.05) is 6.26 Å². The SMILES string of the molecule is C=C1NC(=O)C2(Cc3cc(-c4nnc(SC)s4)cc(F)c3N3CC(=C)OC(C)[C@H]32)C(=O)N1. The molecule has 166 valence electrons. The molecule has 3 aliphatic rings. The van der Waals surface area contributed by atoms with E-state index in [0.717, 1.165) is 4.34 Å². The van der Waals surface area contributed by atoms with E-state index in [0.29, 0.717) is 27.6 Å². The highest BCUT2D eigenvalue weighted by Crippen LogP contribution is 2.49. The van der Waals surface area contributed by atoms with Gasteiger partial charge in [0, 0.05) is 12.0 Å². The molecule has 1 spiro atoms. The average Bonchev–Trinajstić information content (AvgIpc) is 3.20. The van der Waals surface area contributed by atoms with Gasteiger partial charge in [0.2, 0.25) is 11.8 Å². The second-order valence-electron chi connectivity index (χ2n) is 8.01. The van der Waals surface area contributed by atoms with Crippen molar-refractivity contribution in [2.75, 3.05) is 17.7 Å². The first-order chi connectivity index (χ1) is 15.2. The van der Waals surface area contributed by atoms with Crippen LogP contribution in [0.25, 0.3) is 10.6 Å². The van der Waals surface area contributed by atoms with Crippen molar-refractivity contribution in [2.24, 2.45) is 5.41 Å². The minimum atomic E-state index is -1.52. The third kappa shape index (κ3) is 2.95. The van der Waals surface area contributed by atoms with E-state index < -0.39 is 35.2 Å². The molecule has 1 aromatic carbocycles. The van der Waals surface area contributed by atoms with E-state index in [-0.39, 0.29) is 18.8 Å². The summed E-state index contributed by atoms with van der Waals surface area (Å²) in [5.74, 6) is -0.867. The average molecular weight is 474 g/mol. The van der Waals surface area contributed by atoms with Crippen LogP contribution in [0.2, 0.25) is 0 Å². The fraction of sp³-hybridized carbons (Fsp3) is 0.333. The molecule has 4 heterocycles. The van der Waals surface area contributed by atoms with E-state index in [2.05, 4.69) is 34.0 Å². The van der Waals surface area contributed by atoms with Gasteiger partial charge in [-0.3, -0.25) is 9.59 Å². The number of carbonyl (C=O) groups is 2. The highest BCUT2D eigenvalue weighted by atomic mass is 32.2. The Morgan fingerprint density at radius 1 is 1.28 bits per heavy atom. The summed E-state index contributed by atoms with van der Waals surface area (Å²) in [7, 11) is 0. The number of morpholine rings is 1. The summed E-state index contributed by atoms with van der Waals surface area (Å²) in [6.07, 6.45) is 1.33. The molecule has 5 rings (SSSR count). The molecule has 1 aromatic heterocycles. The molecule has 2 saturated heterocycles. The van der Waals surface area contributed by atoms with Gasteiger partial charge in [0.1, 0.15) is 28.5 Å². The third-order valence-electron chi connectivity index (χ3n) is 6.05. The molecule has 0 aliphatic carbocycles. The van der Waals surface area contributed by atoms with Crippen LogP contribution >= 0.6 is 23.1 Å². The number of anilines is 1. The molecule has 8 nitrogen and oxygen atoms in total. The quantitative estimate of drug-likeness (QED) is 0.511. The molecule has 11 heteroatoms. The first kappa shape index (κ1) is 21.0. The van der Waals surface area contributed by atoms with E-state index in [9.17, 15) is 9.59 Å². The molecule has 2 aromatic rings. The lowest BCUT2D eigenvalue weighted by molar-refractivity contribution is -0.151. The van der Waals surface area contributed by atoms with E-state index >= 15 is 4.39 Å². The first-order valence-corrected chi connectivity index (χ1v) is 11.9. The summed E-state index contributed by atoms with van der Waals surface area (Å²) in [6.45, 7) is 9.47. The van der Waals surface area contributed by atoms with Gasteiger partial charge in [0.05, 0.1) is 18.3 Å². The van der Waals surface area contributed by atoms with Crippen molar-refractivity contribution in [2.45, 2.75) is 29.8 Å². The summed E-state index contributed by atoms with van der Waals surface area (Å²) in [5.41, 5.74) is -0.0868. The van der Waals surface area contributed by atoms with Crippen LogP contribution in [0.5, 0.6) is 0 Å². The monoisotopic (exact) mass is 473 g/mol. The molecule has 2 N–H and O–H groups in total. The van der Waals surface area contributed by atoms with Crippen LogP contribution in [0.1, 0.15) is 12.5 Å². The van der Waals surface area contributed by atoms with E-state index in [1.54, 1.807) is 17.9 Å². The van der Waals surface area contributed by atoms with Gasteiger partial charge in [-0.15, -0.1) is 10.2 Å². The highest BCUT2D eigenvalue weighted by Gasteiger charge is 2.62. The van der Waals surface area contributed by atoms with Crippen LogP contribution in [0.15, 0.2) is 41.2 Å². The minimum absolute atomic E-state index is 0.00751. The Kier molecular flexibility index (Phi) is 4.79. The van der Waals surface area contributed by atoms with Crippen LogP contribution in [-0.2, 0) is 20.7 Å². The predicted molar refractivity (Wildman–Crippen MR) is 119 cm³/mol. The molecule has 32 heavy (non-hydrogen) atoms. The molecule has 2 fully saturated rings. The maximum Gasteiger partial charge on any atom is 0.243 e. The Labute approximate surface area is 191 Å². The Morgan fingerprint density at radius 3 is 2.66 bits per heavy atom. The van der Waals surface area contributed by atoms with Gasteiger partial charge in [-0.2, -0.15) is 0 Å². The normalized spacial score (nSPS) is 23.9. The summed E-state index contributed by atoms with van der Waals surface area (Å²) < 4.78 is 22.1. The largest absolute Gasteiger partial charge is 0.492 e. The molecule has 1 unspecified atom stereocenters. The standard InChI is InChI=1S/C21H20FN5O3S2/c1-9-8-27-15-13(5-12(6-14(15)22)17-25-26-20(31-4)32-17)7-21(16(27)10(2)30-9)18(28)23-11(3)24-19(21)29/h5-6,10,16H,1,3,7-8H2,2,4H3,(H,23,28)(H,24,29)/t10?,16-/m0/s1. The van der Waals surface area contributed by atoms with Crippen LogP contribution in [0.3, 0.4) is 0 Å². The molecule has 0 radical (unpaired) electrons. The van der Waals surface area contributed by atoms with Gasteiger partial charge >= 0.3 is 0 Å². The maximum absolute atomic E-state index is 15.6. The lowest BCUT2D eigenvalue weighted by Gasteiger charge is -2.54. The number of nitrogens with zero attached hydrogens (tertiary/aromatic N) is 3. The Bertz CT molecular complexity index is 1180. The summed E-state index contributed by atoms with van der Waals surface area (Å²) in [6, 6.07) is 2.48. The molecular formula is C21H20FN5O3S2. The number of halogens is 1. The van der Waals surface area contributed by atoms with Gasteiger partial charge < -0.3 is 20.3 Å². The van der Waals surface area contributed by atoms with Crippen molar-refractivity contribution >= 4 is 40.6 Å². The van der Waals surface area contributed by atoms with Crippen molar-refractivity contribution in [1.29, 1.82) is 0 Å². The van der Waals surface area contributed by atoms with Gasteiger partial charge in [0.15, 0.2) is 9.75 Å². The number of thioether (sulfide) groups is 1. The fourth-order valence-corrected chi connectivity index (χ4v) is 6.16.